The quantitative estimate of drug-likeness (QED) is 0.874. The fraction of sp³-hybridized carbons (Fsp3) is 0.579. The van der Waals surface area contributed by atoms with Crippen LogP contribution in [-0.2, 0) is 9.53 Å². The zero-order valence-corrected chi connectivity index (χ0v) is 14.6. The van der Waals surface area contributed by atoms with Gasteiger partial charge in [-0.05, 0) is 50.3 Å². The highest BCUT2D eigenvalue weighted by Gasteiger charge is 2.38. The van der Waals surface area contributed by atoms with Crippen LogP contribution in [0.5, 0.6) is 0 Å². The van der Waals surface area contributed by atoms with Gasteiger partial charge in [0.15, 0.2) is 0 Å². The molecule has 2 aliphatic heterocycles. The van der Waals surface area contributed by atoms with Crippen molar-refractivity contribution < 1.29 is 14.3 Å². The van der Waals surface area contributed by atoms with Crippen molar-refractivity contribution in [3.05, 3.63) is 29.8 Å². The number of nitrogens with zero attached hydrogens (tertiary/aromatic N) is 1. The van der Waals surface area contributed by atoms with Gasteiger partial charge in [0.25, 0.3) is 5.91 Å². The van der Waals surface area contributed by atoms with Crippen molar-refractivity contribution in [3.8, 4) is 0 Å². The van der Waals surface area contributed by atoms with E-state index in [9.17, 15) is 9.59 Å². The van der Waals surface area contributed by atoms with Crippen LogP contribution in [0.15, 0.2) is 24.3 Å². The monoisotopic (exact) mass is 345 g/mol. The Labute approximate surface area is 148 Å². The number of carbonyl (C=O) groups is 2. The highest BCUT2D eigenvalue weighted by molar-refractivity contribution is 5.99. The van der Waals surface area contributed by atoms with Crippen molar-refractivity contribution >= 4 is 17.5 Å². The molecule has 136 valence electrons. The number of benzene rings is 1. The zero-order valence-electron chi connectivity index (χ0n) is 14.6. The maximum Gasteiger partial charge on any atom is 0.253 e. The average Bonchev–Trinajstić information content (AvgIpc) is 2.68. The van der Waals surface area contributed by atoms with Gasteiger partial charge in [-0.15, -0.1) is 0 Å². The summed E-state index contributed by atoms with van der Waals surface area (Å²) in [6.45, 7) is 3.03. The molecule has 2 amide bonds. The second-order valence-corrected chi connectivity index (χ2v) is 6.98. The van der Waals surface area contributed by atoms with E-state index in [1.807, 2.05) is 17.0 Å². The summed E-state index contributed by atoms with van der Waals surface area (Å²) >= 11 is 0. The molecule has 6 heteroatoms. The van der Waals surface area contributed by atoms with Crippen LogP contribution in [0.3, 0.4) is 0 Å². The Bertz CT molecular complexity index is 620. The van der Waals surface area contributed by atoms with E-state index in [1.165, 1.54) is 6.42 Å². The van der Waals surface area contributed by atoms with Gasteiger partial charge in [0.1, 0.15) is 0 Å². The summed E-state index contributed by atoms with van der Waals surface area (Å²) in [6, 6.07) is 7.19. The number of nitrogens with one attached hydrogen (secondary N) is 1. The number of piperidine rings is 1. The first kappa shape index (κ1) is 17.9. The van der Waals surface area contributed by atoms with Crippen LogP contribution in [0.25, 0.3) is 0 Å². The standard InChI is InChI=1S/C19H27N3O3/c20-14-19(7-11-25-12-8-19)18(24)21-16-6-4-5-15(13-16)17(23)22-9-2-1-3-10-22/h4-6,13H,1-3,7-12,14,20H2,(H,21,24). The molecule has 0 bridgehead atoms. The molecule has 3 rings (SSSR count). The lowest BCUT2D eigenvalue weighted by molar-refractivity contribution is -0.130. The lowest BCUT2D eigenvalue weighted by Crippen LogP contribution is -2.46. The molecule has 1 aromatic carbocycles. The summed E-state index contributed by atoms with van der Waals surface area (Å²) in [7, 11) is 0. The smallest absolute Gasteiger partial charge is 0.253 e. The van der Waals surface area contributed by atoms with Crippen molar-refractivity contribution in [1.29, 1.82) is 0 Å². The summed E-state index contributed by atoms with van der Waals surface area (Å²) in [6.07, 6.45) is 4.56. The number of hydrogen-bond acceptors (Lipinski definition) is 4. The molecule has 0 radical (unpaired) electrons. The number of likely N-dealkylation sites (tertiary alicyclic amines) is 1. The van der Waals surface area contributed by atoms with Crippen molar-refractivity contribution in [2.75, 3.05) is 38.2 Å². The van der Waals surface area contributed by atoms with E-state index in [2.05, 4.69) is 5.32 Å². The third-order valence-corrected chi connectivity index (χ3v) is 5.33. The van der Waals surface area contributed by atoms with Gasteiger partial charge in [0.2, 0.25) is 5.91 Å². The molecular formula is C19H27N3O3. The SMILES string of the molecule is NCC1(C(=O)Nc2cccc(C(=O)N3CCCCC3)c2)CCOCC1. The molecule has 0 aromatic heterocycles. The van der Waals surface area contributed by atoms with Gasteiger partial charge >= 0.3 is 0 Å². The molecule has 0 aliphatic carbocycles. The number of ether oxygens (including phenoxy) is 1. The van der Waals surface area contributed by atoms with Crippen molar-refractivity contribution in [1.82, 2.24) is 4.90 Å². The summed E-state index contributed by atoms with van der Waals surface area (Å²) in [5.41, 5.74) is 6.58. The predicted octanol–water partition coefficient (Wildman–Crippen LogP) is 2.01. The van der Waals surface area contributed by atoms with Crippen LogP contribution in [0, 0.1) is 5.41 Å². The number of amides is 2. The van der Waals surface area contributed by atoms with E-state index in [-0.39, 0.29) is 11.8 Å². The first-order valence-corrected chi connectivity index (χ1v) is 9.13. The average molecular weight is 345 g/mol. The fourth-order valence-corrected chi connectivity index (χ4v) is 3.56. The van der Waals surface area contributed by atoms with Crippen LogP contribution in [-0.4, -0.2) is 49.6 Å². The minimum absolute atomic E-state index is 0.0374. The molecule has 2 aliphatic rings. The minimum Gasteiger partial charge on any atom is -0.381 e. The lowest BCUT2D eigenvalue weighted by atomic mass is 9.79. The number of hydrogen-bond donors (Lipinski definition) is 2. The second kappa shape index (κ2) is 7.97. The van der Waals surface area contributed by atoms with Crippen LogP contribution in [0.1, 0.15) is 42.5 Å². The van der Waals surface area contributed by atoms with E-state index in [0.717, 1.165) is 25.9 Å². The van der Waals surface area contributed by atoms with E-state index >= 15 is 0 Å². The Balaban J connectivity index is 1.70. The Morgan fingerprint density at radius 2 is 1.88 bits per heavy atom. The zero-order chi connectivity index (χ0) is 17.7. The molecular weight excluding hydrogens is 318 g/mol. The predicted molar refractivity (Wildman–Crippen MR) is 96.4 cm³/mol. The maximum atomic E-state index is 12.8. The minimum atomic E-state index is -0.578. The number of rotatable bonds is 4. The Kier molecular flexibility index (Phi) is 5.71. The van der Waals surface area contributed by atoms with Crippen LogP contribution in [0.4, 0.5) is 5.69 Å². The maximum absolute atomic E-state index is 12.8. The van der Waals surface area contributed by atoms with Gasteiger partial charge in [-0.2, -0.15) is 0 Å². The fourth-order valence-electron chi connectivity index (χ4n) is 3.56. The van der Waals surface area contributed by atoms with Crippen LogP contribution in [0.2, 0.25) is 0 Å². The van der Waals surface area contributed by atoms with E-state index < -0.39 is 5.41 Å². The summed E-state index contributed by atoms with van der Waals surface area (Å²) in [5.74, 6) is -0.0451. The largest absolute Gasteiger partial charge is 0.381 e. The van der Waals surface area contributed by atoms with Gasteiger partial charge in [-0.3, -0.25) is 9.59 Å². The summed E-state index contributed by atoms with van der Waals surface area (Å²) in [4.78, 5) is 27.3. The van der Waals surface area contributed by atoms with Crippen LogP contribution < -0.4 is 11.1 Å². The molecule has 6 nitrogen and oxygen atoms in total. The Hall–Kier alpha value is -1.92. The number of anilines is 1. The third kappa shape index (κ3) is 4.02. The Morgan fingerprint density at radius 3 is 2.56 bits per heavy atom. The highest BCUT2D eigenvalue weighted by Crippen LogP contribution is 2.31. The van der Waals surface area contributed by atoms with Gasteiger partial charge < -0.3 is 20.7 Å². The molecule has 0 unspecified atom stereocenters. The summed E-state index contributed by atoms with van der Waals surface area (Å²) in [5, 5.41) is 2.96. The van der Waals surface area contributed by atoms with E-state index in [1.54, 1.807) is 12.1 Å². The molecule has 0 saturated carbocycles. The van der Waals surface area contributed by atoms with E-state index in [0.29, 0.717) is 43.9 Å². The van der Waals surface area contributed by atoms with Gasteiger partial charge in [-0.1, -0.05) is 6.07 Å². The normalized spacial score (nSPS) is 20.1. The van der Waals surface area contributed by atoms with Crippen molar-refractivity contribution in [3.63, 3.8) is 0 Å². The third-order valence-electron chi connectivity index (χ3n) is 5.33. The van der Waals surface area contributed by atoms with E-state index in [4.69, 9.17) is 10.5 Å². The molecule has 1 aromatic rings. The number of carbonyl (C=O) groups excluding carboxylic acids is 2. The summed E-state index contributed by atoms with van der Waals surface area (Å²) < 4.78 is 5.36. The number of nitrogens with two attached hydrogens (primary N) is 1. The Morgan fingerprint density at radius 1 is 1.16 bits per heavy atom. The van der Waals surface area contributed by atoms with Crippen LogP contribution >= 0.6 is 0 Å². The molecule has 25 heavy (non-hydrogen) atoms. The molecule has 3 N–H and O–H groups in total. The lowest BCUT2D eigenvalue weighted by Gasteiger charge is -2.34. The molecule has 0 atom stereocenters. The van der Waals surface area contributed by atoms with Crippen molar-refractivity contribution in [2.24, 2.45) is 11.1 Å². The molecule has 2 fully saturated rings. The van der Waals surface area contributed by atoms with Gasteiger partial charge in [0, 0.05) is 44.1 Å². The first-order chi connectivity index (χ1) is 12.1. The molecule has 2 saturated heterocycles. The molecule has 2 heterocycles. The topological polar surface area (TPSA) is 84.7 Å². The van der Waals surface area contributed by atoms with Gasteiger partial charge in [-0.25, -0.2) is 0 Å². The second-order valence-electron chi connectivity index (χ2n) is 6.98. The van der Waals surface area contributed by atoms with Crippen molar-refractivity contribution in [2.45, 2.75) is 32.1 Å². The van der Waals surface area contributed by atoms with Gasteiger partial charge in [0.05, 0.1) is 5.41 Å². The highest BCUT2D eigenvalue weighted by atomic mass is 16.5. The molecule has 0 spiro atoms. The first-order valence-electron chi connectivity index (χ1n) is 9.13.